The van der Waals surface area contributed by atoms with Crippen LogP contribution in [0.1, 0.15) is 24.1 Å². The van der Waals surface area contributed by atoms with Crippen molar-refractivity contribution in [1.82, 2.24) is 5.32 Å². The predicted octanol–water partition coefficient (Wildman–Crippen LogP) is 4.66. The molecule has 1 atom stereocenters. The molecule has 1 amide bonds. The van der Waals surface area contributed by atoms with Crippen LogP contribution in [0.25, 0.3) is 11.0 Å². The molecule has 3 rings (SSSR count). The number of fused-ring (bicyclic) bond motifs is 1. The number of aryl methyl sites for hydroxylation is 1. The summed E-state index contributed by atoms with van der Waals surface area (Å²) in [6.07, 6.45) is 0. The van der Waals surface area contributed by atoms with Crippen molar-refractivity contribution in [2.45, 2.75) is 19.9 Å². The molecule has 140 valence electrons. The fraction of sp³-hybridized carbons (Fsp3) is 0.200. The van der Waals surface area contributed by atoms with Gasteiger partial charge in [0.2, 0.25) is 0 Å². The molecular weight excluding hydrogens is 389 g/mol. The Bertz CT molecular complexity index is 1060. The van der Waals surface area contributed by atoms with Gasteiger partial charge in [0.1, 0.15) is 11.3 Å². The van der Waals surface area contributed by atoms with Crippen LogP contribution in [0.2, 0.25) is 10.0 Å². The van der Waals surface area contributed by atoms with E-state index in [4.69, 9.17) is 32.4 Å². The Labute approximate surface area is 165 Å². The smallest absolute Gasteiger partial charge is 0.336 e. The lowest BCUT2D eigenvalue weighted by Crippen LogP contribution is -2.31. The van der Waals surface area contributed by atoms with Crippen LogP contribution in [-0.2, 0) is 4.79 Å². The number of benzene rings is 2. The average molecular weight is 406 g/mol. The molecule has 0 saturated heterocycles. The molecule has 0 fully saturated rings. The number of amides is 1. The highest BCUT2D eigenvalue weighted by Gasteiger charge is 2.14. The minimum absolute atomic E-state index is 0.183. The van der Waals surface area contributed by atoms with E-state index in [1.54, 1.807) is 36.4 Å². The molecule has 0 unspecified atom stereocenters. The van der Waals surface area contributed by atoms with Gasteiger partial charge in [-0.15, -0.1) is 0 Å². The molecule has 1 heterocycles. The Kier molecular flexibility index (Phi) is 5.73. The van der Waals surface area contributed by atoms with Crippen LogP contribution in [0, 0.1) is 6.92 Å². The molecule has 0 aliphatic heterocycles. The number of rotatable bonds is 5. The minimum atomic E-state index is -0.427. The summed E-state index contributed by atoms with van der Waals surface area (Å²) >= 11 is 12.0. The van der Waals surface area contributed by atoms with Crippen molar-refractivity contribution < 1.29 is 13.9 Å². The normalized spacial score (nSPS) is 12.0. The number of carbonyl (C=O) groups excluding carboxylic acids is 1. The van der Waals surface area contributed by atoms with Crippen molar-refractivity contribution in [3.63, 3.8) is 0 Å². The van der Waals surface area contributed by atoms with Gasteiger partial charge >= 0.3 is 5.63 Å². The van der Waals surface area contributed by atoms with Crippen molar-refractivity contribution in [1.29, 1.82) is 0 Å². The summed E-state index contributed by atoms with van der Waals surface area (Å²) in [6, 6.07) is 11.3. The quantitative estimate of drug-likeness (QED) is 0.626. The summed E-state index contributed by atoms with van der Waals surface area (Å²) in [5.41, 5.74) is 1.57. The van der Waals surface area contributed by atoms with E-state index < -0.39 is 5.63 Å². The molecule has 0 spiro atoms. The molecule has 1 N–H and O–H groups in total. The zero-order chi connectivity index (χ0) is 19.6. The summed E-state index contributed by atoms with van der Waals surface area (Å²) in [5, 5.41) is 4.65. The first-order valence-electron chi connectivity index (χ1n) is 8.25. The number of nitrogens with one attached hydrogen (secondary N) is 1. The standard InChI is InChI=1S/C20H17Cl2NO4/c1-11-7-20(25)27-18-9-14(4-6-15(11)18)26-10-19(24)23-12(2)16-5-3-13(21)8-17(16)22/h3-9,12H,10H2,1-2H3,(H,23,24)/t12-/m0/s1. The third-order valence-electron chi connectivity index (χ3n) is 4.10. The Hall–Kier alpha value is -2.50. The summed E-state index contributed by atoms with van der Waals surface area (Å²) in [5.74, 6) is 0.128. The lowest BCUT2D eigenvalue weighted by molar-refractivity contribution is -0.123. The first-order valence-corrected chi connectivity index (χ1v) is 9.00. The van der Waals surface area contributed by atoms with Gasteiger partial charge in [0.25, 0.3) is 5.91 Å². The van der Waals surface area contributed by atoms with Gasteiger partial charge in [-0.1, -0.05) is 29.3 Å². The van der Waals surface area contributed by atoms with Gasteiger partial charge in [-0.2, -0.15) is 0 Å². The summed E-state index contributed by atoms with van der Waals surface area (Å²) in [6.45, 7) is 3.47. The molecule has 0 saturated carbocycles. The van der Waals surface area contributed by atoms with Gasteiger partial charge in [-0.25, -0.2) is 4.79 Å². The third-order valence-corrected chi connectivity index (χ3v) is 4.66. The van der Waals surface area contributed by atoms with Gasteiger partial charge in [-0.3, -0.25) is 4.79 Å². The van der Waals surface area contributed by atoms with E-state index in [1.165, 1.54) is 6.07 Å². The van der Waals surface area contributed by atoms with Crippen LogP contribution in [-0.4, -0.2) is 12.5 Å². The van der Waals surface area contributed by atoms with Crippen molar-refractivity contribution in [3.8, 4) is 5.75 Å². The molecule has 27 heavy (non-hydrogen) atoms. The van der Waals surface area contributed by atoms with Crippen LogP contribution < -0.4 is 15.7 Å². The van der Waals surface area contributed by atoms with Gasteiger partial charge < -0.3 is 14.5 Å². The molecule has 5 nitrogen and oxygen atoms in total. The summed E-state index contributed by atoms with van der Waals surface area (Å²) in [7, 11) is 0. The number of halogens is 2. The highest BCUT2D eigenvalue weighted by atomic mass is 35.5. The van der Waals surface area contributed by atoms with E-state index in [0.29, 0.717) is 21.4 Å². The molecule has 0 aliphatic carbocycles. The highest BCUT2D eigenvalue weighted by Crippen LogP contribution is 2.26. The highest BCUT2D eigenvalue weighted by molar-refractivity contribution is 6.35. The maximum absolute atomic E-state index is 12.2. The Morgan fingerprint density at radius 1 is 1.19 bits per heavy atom. The molecule has 2 aromatic carbocycles. The lowest BCUT2D eigenvalue weighted by Gasteiger charge is -2.16. The van der Waals surface area contributed by atoms with E-state index in [2.05, 4.69) is 5.32 Å². The van der Waals surface area contributed by atoms with E-state index >= 15 is 0 Å². The van der Waals surface area contributed by atoms with E-state index in [1.807, 2.05) is 13.8 Å². The number of hydrogen-bond donors (Lipinski definition) is 1. The monoisotopic (exact) mass is 405 g/mol. The molecule has 1 aromatic heterocycles. The van der Waals surface area contributed by atoms with Crippen LogP contribution in [0.15, 0.2) is 51.7 Å². The van der Waals surface area contributed by atoms with Crippen LogP contribution >= 0.6 is 23.2 Å². The van der Waals surface area contributed by atoms with Gasteiger partial charge in [-0.05, 0) is 49.2 Å². The van der Waals surface area contributed by atoms with E-state index in [9.17, 15) is 9.59 Å². The SMILES string of the molecule is Cc1cc(=O)oc2cc(OCC(=O)N[C@@H](C)c3ccc(Cl)cc3Cl)ccc12. The van der Waals surface area contributed by atoms with Gasteiger partial charge in [0.05, 0.1) is 6.04 Å². The maximum atomic E-state index is 12.2. The average Bonchev–Trinajstić information content (AvgIpc) is 2.59. The molecule has 0 aliphatic rings. The second kappa shape index (κ2) is 8.03. The second-order valence-electron chi connectivity index (χ2n) is 6.15. The molecule has 0 bridgehead atoms. The topological polar surface area (TPSA) is 68.5 Å². The summed E-state index contributed by atoms with van der Waals surface area (Å²) < 4.78 is 10.7. The number of ether oxygens (including phenoxy) is 1. The van der Waals surface area contributed by atoms with Gasteiger partial charge in [0, 0.05) is 27.6 Å². The van der Waals surface area contributed by atoms with E-state index in [0.717, 1.165) is 16.5 Å². The first kappa shape index (κ1) is 19.3. The number of carbonyl (C=O) groups is 1. The van der Waals surface area contributed by atoms with Crippen LogP contribution in [0.5, 0.6) is 5.75 Å². The fourth-order valence-electron chi connectivity index (χ4n) is 2.76. The predicted molar refractivity (Wildman–Crippen MR) is 106 cm³/mol. The van der Waals surface area contributed by atoms with Gasteiger partial charge in [0.15, 0.2) is 6.61 Å². The zero-order valence-corrected chi connectivity index (χ0v) is 16.2. The Morgan fingerprint density at radius 2 is 1.96 bits per heavy atom. The van der Waals surface area contributed by atoms with Crippen molar-refractivity contribution in [2.75, 3.05) is 6.61 Å². The van der Waals surface area contributed by atoms with Crippen LogP contribution in [0.3, 0.4) is 0 Å². The van der Waals surface area contributed by atoms with Crippen LogP contribution in [0.4, 0.5) is 0 Å². The fourth-order valence-corrected chi connectivity index (χ4v) is 3.33. The number of hydrogen-bond acceptors (Lipinski definition) is 4. The van der Waals surface area contributed by atoms with Crippen molar-refractivity contribution >= 4 is 40.1 Å². The zero-order valence-electron chi connectivity index (χ0n) is 14.7. The molecule has 0 radical (unpaired) electrons. The molecule has 7 heteroatoms. The Balaban J connectivity index is 1.65. The van der Waals surface area contributed by atoms with E-state index in [-0.39, 0.29) is 18.6 Å². The largest absolute Gasteiger partial charge is 0.484 e. The maximum Gasteiger partial charge on any atom is 0.336 e. The van der Waals surface area contributed by atoms with Crippen molar-refractivity contribution in [2.24, 2.45) is 0 Å². The summed E-state index contributed by atoms with van der Waals surface area (Å²) in [4.78, 5) is 23.7. The molecule has 3 aromatic rings. The minimum Gasteiger partial charge on any atom is -0.484 e. The third kappa shape index (κ3) is 4.62. The van der Waals surface area contributed by atoms with Crippen molar-refractivity contribution in [3.05, 3.63) is 74.1 Å². The second-order valence-corrected chi connectivity index (χ2v) is 6.99. The Morgan fingerprint density at radius 3 is 2.70 bits per heavy atom. The molecular formula is C20H17Cl2NO4. The lowest BCUT2D eigenvalue weighted by atomic mass is 10.1. The first-order chi connectivity index (χ1) is 12.8.